The van der Waals surface area contributed by atoms with E-state index in [0.29, 0.717) is 0 Å². The number of nitrogens with one attached hydrogen (secondary N) is 1. The maximum atomic E-state index is 13.5. The summed E-state index contributed by atoms with van der Waals surface area (Å²) in [6, 6.07) is 2.91. The summed E-state index contributed by atoms with van der Waals surface area (Å²) in [5.74, 6) is -3.23. The first-order chi connectivity index (χ1) is 9.31. The largest absolute Gasteiger partial charge is 0.378 e. The van der Waals surface area contributed by atoms with E-state index >= 15 is 0 Å². The number of nitrogens with two attached hydrogens (primary N) is 2. The van der Waals surface area contributed by atoms with Gasteiger partial charge in [-0.15, -0.1) is 0 Å². The number of amidine groups is 1. The number of rotatable bonds is 3. The lowest BCUT2D eigenvalue weighted by Gasteiger charge is -2.28. The lowest BCUT2D eigenvalue weighted by Crippen LogP contribution is -2.55. The molecule has 1 aromatic carbocycles. The smallest absolute Gasteiger partial charge is 0.326 e. The summed E-state index contributed by atoms with van der Waals surface area (Å²) >= 11 is 0. The molecule has 0 fully saturated rings. The fourth-order valence-electron chi connectivity index (χ4n) is 1.78. The molecule has 0 aromatic heterocycles. The summed E-state index contributed by atoms with van der Waals surface area (Å²) in [6.07, 6.45) is 0.762. The monoisotopic (exact) mass is 283 g/mol. The molecule has 0 saturated heterocycles. The normalized spacial score (nSPS) is 21.8. The van der Waals surface area contributed by atoms with Gasteiger partial charge in [0.15, 0.2) is 5.79 Å². The van der Waals surface area contributed by atoms with Gasteiger partial charge in [-0.1, -0.05) is 0 Å². The summed E-state index contributed by atoms with van der Waals surface area (Å²) in [6.45, 7) is 0. The van der Waals surface area contributed by atoms with Gasteiger partial charge in [0.05, 0.1) is 11.1 Å². The molecule has 1 atom stereocenters. The SMILES string of the molecule is NC1=NC(N)(Cc2cc(F)ccc2F)NC=C1[N+](=O)[O-]. The van der Waals surface area contributed by atoms with Crippen molar-refractivity contribution in [2.24, 2.45) is 16.5 Å². The molecule has 0 amide bonds. The van der Waals surface area contributed by atoms with Crippen molar-refractivity contribution in [1.82, 2.24) is 5.32 Å². The van der Waals surface area contributed by atoms with Crippen LogP contribution in [0.1, 0.15) is 5.56 Å². The van der Waals surface area contributed by atoms with Crippen LogP contribution in [0.5, 0.6) is 0 Å². The third-order valence-electron chi connectivity index (χ3n) is 2.71. The molecule has 0 spiro atoms. The molecule has 1 aliphatic rings. The lowest BCUT2D eigenvalue weighted by atomic mass is 10.1. The van der Waals surface area contributed by atoms with Crippen LogP contribution in [0.4, 0.5) is 8.78 Å². The van der Waals surface area contributed by atoms with Gasteiger partial charge >= 0.3 is 5.70 Å². The molecule has 2 rings (SSSR count). The quantitative estimate of drug-likeness (QED) is 0.540. The second-order valence-electron chi connectivity index (χ2n) is 4.26. The Morgan fingerprint density at radius 2 is 2.15 bits per heavy atom. The van der Waals surface area contributed by atoms with E-state index in [9.17, 15) is 18.9 Å². The number of hydrogen-bond acceptors (Lipinski definition) is 6. The molecule has 0 bridgehead atoms. The van der Waals surface area contributed by atoms with E-state index in [-0.39, 0.29) is 17.8 Å². The predicted molar refractivity (Wildman–Crippen MR) is 66.8 cm³/mol. The van der Waals surface area contributed by atoms with Crippen molar-refractivity contribution in [3.8, 4) is 0 Å². The van der Waals surface area contributed by atoms with Crippen LogP contribution in [-0.2, 0) is 6.42 Å². The van der Waals surface area contributed by atoms with Gasteiger partial charge in [0.25, 0.3) is 0 Å². The Balaban J connectivity index is 2.27. The molecule has 20 heavy (non-hydrogen) atoms. The third kappa shape index (κ3) is 2.72. The molecular weight excluding hydrogens is 272 g/mol. The number of aliphatic imine (C=N–C) groups is 1. The predicted octanol–water partition coefficient (Wildman–Crippen LogP) is 0.198. The van der Waals surface area contributed by atoms with Crippen molar-refractivity contribution >= 4 is 5.84 Å². The average molecular weight is 283 g/mol. The highest BCUT2D eigenvalue weighted by Gasteiger charge is 2.32. The molecule has 5 N–H and O–H groups in total. The fraction of sp³-hybridized carbons (Fsp3) is 0.182. The van der Waals surface area contributed by atoms with E-state index in [4.69, 9.17) is 11.5 Å². The Morgan fingerprint density at radius 3 is 2.75 bits per heavy atom. The number of halogens is 2. The van der Waals surface area contributed by atoms with Crippen molar-refractivity contribution in [1.29, 1.82) is 0 Å². The highest BCUT2D eigenvalue weighted by Crippen LogP contribution is 2.18. The highest BCUT2D eigenvalue weighted by atomic mass is 19.1. The molecule has 106 valence electrons. The Hall–Kier alpha value is -2.55. The molecule has 1 unspecified atom stereocenters. The highest BCUT2D eigenvalue weighted by molar-refractivity contribution is 5.95. The van der Waals surface area contributed by atoms with E-state index in [0.717, 1.165) is 24.4 Å². The minimum atomic E-state index is -1.57. The maximum Gasteiger partial charge on any atom is 0.326 e. The molecule has 1 aliphatic heterocycles. The average Bonchev–Trinajstić information content (AvgIpc) is 2.33. The van der Waals surface area contributed by atoms with Crippen LogP contribution in [0.25, 0.3) is 0 Å². The number of nitro groups is 1. The van der Waals surface area contributed by atoms with E-state index in [1.165, 1.54) is 0 Å². The standard InChI is InChI=1S/C11H11F2N5O2/c12-7-1-2-8(13)6(3-7)4-11(15)16-5-9(18(19)20)10(14)17-11/h1-3,5,16H,4,15H2,(H2,14,17). The van der Waals surface area contributed by atoms with Crippen LogP contribution in [0.3, 0.4) is 0 Å². The van der Waals surface area contributed by atoms with Crippen LogP contribution in [-0.4, -0.2) is 16.5 Å². The summed E-state index contributed by atoms with van der Waals surface area (Å²) in [7, 11) is 0. The van der Waals surface area contributed by atoms with E-state index < -0.39 is 28.0 Å². The summed E-state index contributed by atoms with van der Waals surface area (Å²) in [5.41, 5.74) is 10.8. The zero-order valence-corrected chi connectivity index (χ0v) is 10.1. The minimum Gasteiger partial charge on any atom is -0.378 e. The first-order valence-electron chi connectivity index (χ1n) is 5.51. The lowest BCUT2D eigenvalue weighted by molar-refractivity contribution is -0.416. The van der Waals surface area contributed by atoms with Gasteiger partial charge in [-0.3, -0.25) is 15.8 Å². The first-order valence-corrected chi connectivity index (χ1v) is 5.51. The molecule has 0 radical (unpaired) electrons. The van der Waals surface area contributed by atoms with E-state index in [1.807, 2.05) is 0 Å². The van der Waals surface area contributed by atoms with Gasteiger partial charge in [0.2, 0.25) is 5.84 Å². The van der Waals surface area contributed by atoms with Crippen molar-refractivity contribution in [2.75, 3.05) is 0 Å². The molecule has 0 aliphatic carbocycles. The summed E-state index contributed by atoms with van der Waals surface area (Å²) in [5, 5.41) is 13.1. The zero-order chi connectivity index (χ0) is 14.9. The van der Waals surface area contributed by atoms with Crippen LogP contribution in [0.15, 0.2) is 35.1 Å². The Kier molecular flexibility index (Phi) is 3.36. The summed E-state index contributed by atoms with van der Waals surface area (Å²) < 4.78 is 26.6. The Bertz CT molecular complexity index is 631. The maximum absolute atomic E-state index is 13.5. The fourth-order valence-corrected chi connectivity index (χ4v) is 1.78. The molecular formula is C11H11F2N5O2. The van der Waals surface area contributed by atoms with Crippen LogP contribution >= 0.6 is 0 Å². The Labute approximate surface area is 112 Å². The number of nitrogens with zero attached hydrogens (tertiary/aromatic N) is 2. The zero-order valence-electron chi connectivity index (χ0n) is 10.1. The minimum absolute atomic E-state index is 0.0190. The Morgan fingerprint density at radius 1 is 1.45 bits per heavy atom. The van der Waals surface area contributed by atoms with Gasteiger partial charge < -0.3 is 11.1 Å². The molecule has 7 nitrogen and oxygen atoms in total. The first kappa shape index (κ1) is 13.9. The van der Waals surface area contributed by atoms with Gasteiger partial charge in [0.1, 0.15) is 11.6 Å². The second kappa shape index (κ2) is 4.85. The van der Waals surface area contributed by atoms with Crippen molar-refractivity contribution in [3.05, 3.63) is 57.4 Å². The number of benzene rings is 1. The van der Waals surface area contributed by atoms with Gasteiger partial charge in [0, 0.05) is 6.42 Å². The second-order valence-corrected chi connectivity index (χ2v) is 4.26. The molecule has 0 saturated carbocycles. The third-order valence-corrected chi connectivity index (χ3v) is 2.71. The molecule has 9 heteroatoms. The molecule has 1 heterocycles. The topological polar surface area (TPSA) is 120 Å². The molecule has 1 aromatic rings. The van der Waals surface area contributed by atoms with Crippen LogP contribution in [0.2, 0.25) is 0 Å². The van der Waals surface area contributed by atoms with Gasteiger partial charge in [-0.2, -0.15) is 0 Å². The summed E-state index contributed by atoms with van der Waals surface area (Å²) in [4.78, 5) is 13.6. The van der Waals surface area contributed by atoms with Gasteiger partial charge in [-0.25, -0.2) is 13.8 Å². The van der Waals surface area contributed by atoms with Crippen molar-refractivity contribution < 1.29 is 13.7 Å². The van der Waals surface area contributed by atoms with Crippen LogP contribution in [0, 0.1) is 21.7 Å². The van der Waals surface area contributed by atoms with Crippen molar-refractivity contribution in [2.45, 2.75) is 12.2 Å². The van der Waals surface area contributed by atoms with Crippen molar-refractivity contribution in [3.63, 3.8) is 0 Å². The van der Waals surface area contributed by atoms with E-state index in [2.05, 4.69) is 10.3 Å². The van der Waals surface area contributed by atoms with Gasteiger partial charge in [-0.05, 0) is 23.8 Å². The van der Waals surface area contributed by atoms with Crippen LogP contribution < -0.4 is 16.8 Å². The number of hydrogen-bond donors (Lipinski definition) is 3. The van der Waals surface area contributed by atoms with E-state index in [1.54, 1.807) is 0 Å².